The maximum absolute atomic E-state index is 15.1. The van der Waals surface area contributed by atoms with Gasteiger partial charge in [0.1, 0.15) is 5.82 Å². The fraction of sp³-hybridized carbons (Fsp3) is 0.647. The zero-order valence-electron chi connectivity index (χ0n) is 22.6. The van der Waals surface area contributed by atoms with Gasteiger partial charge in [0.2, 0.25) is 0 Å². The number of unbranched alkanes of at least 4 members (excludes halogenated alkanes) is 2. The van der Waals surface area contributed by atoms with Crippen molar-refractivity contribution in [1.82, 2.24) is 0 Å². The van der Waals surface area contributed by atoms with Crippen LogP contribution < -0.4 is 0 Å². The molecule has 0 aromatic heterocycles. The largest absolute Gasteiger partial charge is 0.251 e. The summed E-state index contributed by atoms with van der Waals surface area (Å²) in [7, 11) is 0. The summed E-state index contributed by atoms with van der Waals surface area (Å²) < 4.78 is 27.5. The lowest BCUT2D eigenvalue weighted by molar-refractivity contribution is 0.245. The van der Waals surface area contributed by atoms with Gasteiger partial charge in [-0.05, 0) is 97.8 Å². The fourth-order valence-electron chi connectivity index (χ4n) is 6.90. The molecule has 0 N–H and O–H groups in total. The summed E-state index contributed by atoms with van der Waals surface area (Å²) in [6.45, 7) is 2.11. The Morgan fingerprint density at radius 2 is 1.31 bits per heavy atom. The van der Waals surface area contributed by atoms with Crippen LogP contribution in [-0.4, -0.2) is 6.67 Å². The summed E-state index contributed by atoms with van der Waals surface area (Å²) in [5.74, 6) is 2.98. The summed E-state index contributed by atoms with van der Waals surface area (Å²) in [5.41, 5.74) is 4.26. The van der Waals surface area contributed by atoms with Crippen LogP contribution in [0.2, 0.25) is 0 Å². The lowest BCUT2D eigenvalue weighted by atomic mass is 9.77. The van der Waals surface area contributed by atoms with E-state index in [1.54, 1.807) is 6.07 Å². The fourth-order valence-corrected chi connectivity index (χ4v) is 6.90. The average molecular weight is 495 g/mol. The molecule has 2 fully saturated rings. The molecule has 0 amide bonds. The van der Waals surface area contributed by atoms with Crippen LogP contribution in [0.15, 0.2) is 42.5 Å². The monoisotopic (exact) mass is 494 g/mol. The van der Waals surface area contributed by atoms with E-state index >= 15 is 4.39 Å². The third kappa shape index (κ3) is 7.90. The van der Waals surface area contributed by atoms with Crippen molar-refractivity contribution in [3.05, 3.63) is 59.4 Å². The van der Waals surface area contributed by atoms with Crippen molar-refractivity contribution in [2.75, 3.05) is 6.67 Å². The number of halogens is 2. The SMILES string of the molecule is CCCCC[C@H]1CC[C@H](c2ccc(-c3ccc(CC[C@H]4CC[C@H](CCCF)CC4)cc3F)cc2)CC1. The van der Waals surface area contributed by atoms with E-state index in [0.717, 1.165) is 60.1 Å². The van der Waals surface area contributed by atoms with Gasteiger partial charge in [0.05, 0.1) is 6.67 Å². The maximum Gasteiger partial charge on any atom is 0.131 e. The molecule has 0 radical (unpaired) electrons. The molecule has 2 heteroatoms. The van der Waals surface area contributed by atoms with Gasteiger partial charge in [0, 0.05) is 5.56 Å². The minimum Gasteiger partial charge on any atom is -0.251 e. The predicted molar refractivity (Wildman–Crippen MR) is 150 cm³/mol. The summed E-state index contributed by atoms with van der Waals surface area (Å²) in [4.78, 5) is 0. The van der Waals surface area contributed by atoms with Crippen LogP contribution in [0.1, 0.15) is 120 Å². The smallest absolute Gasteiger partial charge is 0.131 e. The summed E-state index contributed by atoms with van der Waals surface area (Å²) in [5, 5.41) is 0. The zero-order valence-corrected chi connectivity index (χ0v) is 22.6. The van der Waals surface area contributed by atoms with Gasteiger partial charge in [-0.3, -0.25) is 4.39 Å². The Hall–Kier alpha value is -1.70. The highest BCUT2D eigenvalue weighted by Crippen LogP contribution is 2.39. The molecule has 2 aliphatic rings. The van der Waals surface area contributed by atoms with Crippen molar-refractivity contribution in [2.24, 2.45) is 17.8 Å². The number of rotatable bonds is 12. The molecule has 36 heavy (non-hydrogen) atoms. The van der Waals surface area contributed by atoms with Gasteiger partial charge >= 0.3 is 0 Å². The van der Waals surface area contributed by atoms with Crippen LogP contribution in [0.25, 0.3) is 11.1 Å². The molecule has 4 rings (SSSR count). The topological polar surface area (TPSA) is 0 Å². The van der Waals surface area contributed by atoms with Crippen molar-refractivity contribution in [1.29, 1.82) is 0 Å². The van der Waals surface area contributed by atoms with Crippen molar-refractivity contribution in [2.45, 2.75) is 116 Å². The Balaban J connectivity index is 1.25. The predicted octanol–water partition coefficient (Wildman–Crippen LogP) is 10.8. The van der Waals surface area contributed by atoms with Crippen LogP contribution in [0.3, 0.4) is 0 Å². The van der Waals surface area contributed by atoms with Gasteiger partial charge in [-0.2, -0.15) is 0 Å². The van der Waals surface area contributed by atoms with Gasteiger partial charge in [0.15, 0.2) is 0 Å². The van der Waals surface area contributed by atoms with Crippen LogP contribution in [0.5, 0.6) is 0 Å². The van der Waals surface area contributed by atoms with E-state index in [9.17, 15) is 4.39 Å². The molecule has 2 aromatic carbocycles. The molecule has 0 bridgehead atoms. The highest BCUT2D eigenvalue weighted by atomic mass is 19.1. The van der Waals surface area contributed by atoms with E-state index in [4.69, 9.17) is 0 Å². The van der Waals surface area contributed by atoms with E-state index in [1.807, 2.05) is 6.07 Å². The van der Waals surface area contributed by atoms with E-state index < -0.39 is 0 Å². The van der Waals surface area contributed by atoms with Crippen LogP contribution >= 0.6 is 0 Å². The third-order valence-electron chi connectivity index (χ3n) is 9.34. The number of hydrogen-bond donors (Lipinski definition) is 0. The Morgan fingerprint density at radius 1 is 0.694 bits per heavy atom. The van der Waals surface area contributed by atoms with Crippen LogP contribution in [0.4, 0.5) is 8.78 Å². The van der Waals surface area contributed by atoms with Crippen molar-refractivity contribution in [3.8, 4) is 11.1 Å². The third-order valence-corrected chi connectivity index (χ3v) is 9.34. The van der Waals surface area contributed by atoms with Gasteiger partial charge in [-0.25, -0.2) is 4.39 Å². The Labute approximate surface area is 219 Å². The van der Waals surface area contributed by atoms with Crippen molar-refractivity contribution < 1.29 is 8.78 Å². The first-order valence-corrected chi connectivity index (χ1v) is 15.1. The molecule has 198 valence electrons. The number of hydrogen-bond acceptors (Lipinski definition) is 0. The van der Waals surface area contributed by atoms with Gasteiger partial charge in [0.25, 0.3) is 0 Å². The minimum atomic E-state index is -0.175. The highest BCUT2D eigenvalue weighted by molar-refractivity contribution is 5.65. The van der Waals surface area contributed by atoms with Crippen molar-refractivity contribution in [3.63, 3.8) is 0 Å². The van der Waals surface area contributed by atoms with E-state index in [0.29, 0.717) is 5.92 Å². The highest BCUT2D eigenvalue weighted by Gasteiger charge is 2.23. The Kier molecular flexibility index (Phi) is 10.9. The standard InChI is InChI=1S/C34H48F2/c1-2-3-4-6-26-14-17-30(18-15-26)31-19-21-32(22-20-31)33-23-16-29(25-34(33)36)13-12-28-10-8-27(9-11-28)7-5-24-35/h16,19-23,25-28,30H,2-15,17-18,24H2,1H3/t26-,27-,28-,30-. The first-order chi connectivity index (χ1) is 17.7. The van der Waals surface area contributed by atoms with E-state index in [1.165, 1.54) is 82.6 Å². The summed E-state index contributed by atoms with van der Waals surface area (Å²) in [6.07, 6.45) is 19.7. The molecule has 0 spiro atoms. The van der Waals surface area contributed by atoms with E-state index in [-0.39, 0.29) is 12.5 Å². The number of alkyl halides is 1. The molecule has 0 atom stereocenters. The molecular formula is C34H48F2. The molecule has 2 saturated carbocycles. The maximum atomic E-state index is 15.1. The van der Waals surface area contributed by atoms with Crippen molar-refractivity contribution >= 4 is 0 Å². The second-order valence-electron chi connectivity index (χ2n) is 11.9. The summed E-state index contributed by atoms with van der Waals surface area (Å²) >= 11 is 0. The van der Waals surface area contributed by atoms with Gasteiger partial charge < -0.3 is 0 Å². The normalized spacial score (nSPS) is 24.6. The zero-order chi connectivity index (χ0) is 25.2. The molecular weight excluding hydrogens is 446 g/mol. The lowest BCUT2D eigenvalue weighted by Crippen LogP contribution is -2.15. The summed E-state index contributed by atoms with van der Waals surface area (Å²) in [6, 6.07) is 14.6. The van der Waals surface area contributed by atoms with Gasteiger partial charge in [-0.15, -0.1) is 0 Å². The van der Waals surface area contributed by atoms with E-state index in [2.05, 4.69) is 37.3 Å². The second kappa shape index (κ2) is 14.3. The first-order valence-electron chi connectivity index (χ1n) is 15.1. The van der Waals surface area contributed by atoms with Gasteiger partial charge in [-0.1, -0.05) is 94.7 Å². The number of aryl methyl sites for hydroxylation is 1. The first kappa shape index (κ1) is 27.3. The quantitative estimate of drug-likeness (QED) is 0.257. The average Bonchev–Trinajstić information content (AvgIpc) is 2.92. The Bertz CT molecular complexity index is 886. The number of benzene rings is 2. The molecule has 0 nitrogen and oxygen atoms in total. The van der Waals surface area contributed by atoms with Crippen LogP contribution in [0, 0.1) is 23.6 Å². The van der Waals surface area contributed by atoms with Crippen LogP contribution in [-0.2, 0) is 6.42 Å². The lowest BCUT2D eigenvalue weighted by Gasteiger charge is -2.29. The second-order valence-corrected chi connectivity index (χ2v) is 11.9. The molecule has 0 heterocycles. The molecule has 0 aliphatic heterocycles. The molecule has 2 aliphatic carbocycles. The molecule has 2 aromatic rings. The Morgan fingerprint density at radius 3 is 1.92 bits per heavy atom. The molecule has 0 saturated heterocycles. The molecule has 0 unspecified atom stereocenters. The minimum absolute atomic E-state index is 0.0947.